The summed E-state index contributed by atoms with van der Waals surface area (Å²) in [5, 5.41) is 0. The predicted molar refractivity (Wildman–Crippen MR) is 51.8 cm³/mol. The van der Waals surface area contributed by atoms with Gasteiger partial charge < -0.3 is 5.73 Å². The number of nitrogen functional groups attached to an aromatic ring is 1. The lowest BCUT2D eigenvalue weighted by Crippen LogP contribution is -1.94. The molecule has 0 unspecified atom stereocenters. The molecule has 0 saturated carbocycles. The van der Waals surface area contributed by atoms with Crippen molar-refractivity contribution in [3.8, 4) is 11.3 Å². The number of aromatic nitrogens is 2. The Morgan fingerprint density at radius 1 is 1.21 bits per heavy atom. The number of halogens is 1. The number of hydrogen-bond acceptors (Lipinski definition) is 3. The molecule has 2 rings (SSSR count). The first kappa shape index (κ1) is 8.62. The molecule has 0 aromatic carbocycles. The Morgan fingerprint density at radius 2 is 2.07 bits per heavy atom. The van der Waals surface area contributed by atoms with Crippen molar-refractivity contribution in [1.29, 1.82) is 0 Å². The molecular weight excluding hydrogens is 181 g/mol. The molecule has 0 aliphatic rings. The van der Waals surface area contributed by atoms with Gasteiger partial charge in [-0.25, -0.2) is 4.39 Å². The van der Waals surface area contributed by atoms with Crippen LogP contribution in [-0.2, 0) is 0 Å². The van der Waals surface area contributed by atoms with Crippen LogP contribution in [0.4, 0.5) is 10.1 Å². The largest absolute Gasteiger partial charge is 0.397 e. The third-order valence-corrected chi connectivity index (χ3v) is 1.87. The first-order chi connectivity index (χ1) is 6.79. The van der Waals surface area contributed by atoms with Gasteiger partial charge in [0.05, 0.1) is 17.6 Å². The van der Waals surface area contributed by atoms with E-state index in [1.165, 1.54) is 6.20 Å². The van der Waals surface area contributed by atoms with Gasteiger partial charge in [-0.05, 0) is 18.2 Å². The minimum absolute atomic E-state index is 0.373. The van der Waals surface area contributed by atoms with Gasteiger partial charge in [0.25, 0.3) is 0 Å². The molecule has 0 fully saturated rings. The summed E-state index contributed by atoms with van der Waals surface area (Å²) in [6.45, 7) is 0. The van der Waals surface area contributed by atoms with E-state index in [0.29, 0.717) is 16.9 Å². The van der Waals surface area contributed by atoms with E-state index >= 15 is 0 Å². The lowest BCUT2D eigenvalue weighted by Gasteiger charge is -2.04. The highest BCUT2D eigenvalue weighted by molar-refractivity contribution is 5.72. The van der Waals surface area contributed by atoms with Crippen LogP contribution in [0.5, 0.6) is 0 Å². The Bertz CT molecular complexity index is 413. The normalized spacial score (nSPS) is 10.1. The topological polar surface area (TPSA) is 51.8 Å². The van der Waals surface area contributed by atoms with E-state index in [1.54, 1.807) is 24.4 Å². The van der Waals surface area contributed by atoms with Crippen molar-refractivity contribution in [1.82, 2.24) is 9.97 Å². The number of hydrogen-bond donors (Lipinski definition) is 1. The number of pyridine rings is 2. The fourth-order valence-electron chi connectivity index (χ4n) is 1.21. The van der Waals surface area contributed by atoms with Crippen molar-refractivity contribution in [2.45, 2.75) is 0 Å². The molecule has 2 aromatic heterocycles. The van der Waals surface area contributed by atoms with Gasteiger partial charge in [-0.3, -0.25) is 9.97 Å². The molecule has 0 spiro atoms. The Labute approximate surface area is 80.4 Å². The molecule has 70 valence electrons. The highest BCUT2D eigenvalue weighted by atomic mass is 19.1. The van der Waals surface area contributed by atoms with Gasteiger partial charge in [0.2, 0.25) is 0 Å². The van der Waals surface area contributed by atoms with Crippen molar-refractivity contribution in [3.63, 3.8) is 0 Å². The molecule has 2 aromatic rings. The van der Waals surface area contributed by atoms with Crippen LogP contribution in [-0.4, -0.2) is 9.97 Å². The summed E-state index contributed by atoms with van der Waals surface area (Å²) >= 11 is 0. The lowest BCUT2D eigenvalue weighted by atomic mass is 10.1. The Kier molecular flexibility index (Phi) is 2.10. The minimum atomic E-state index is -0.419. The number of rotatable bonds is 1. The van der Waals surface area contributed by atoms with Crippen LogP contribution in [0.15, 0.2) is 36.8 Å². The fourth-order valence-corrected chi connectivity index (χ4v) is 1.21. The summed E-state index contributed by atoms with van der Waals surface area (Å²) < 4.78 is 13.3. The summed E-state index contributed by atoms with van der Waals surface area (Å²) in [5.74, 6) is -0.419. The third kappa shape index (κ3) is 1.42. The molecule has 3 nitrogen and oxygen atoms in total. The second-order valence-corrected chi connectivity index (χ2v) is 2.80. The average molecular weight is 189 g/mol. The molecule has 2 heterocycles. The maximum Gasteiger partial charge on any atom is 0.150 e. The fraction of sp³-hybridized carbons (Fsp3) is 0. The van der Waals surface area contributed by atoms with E-state index in [9.17, 15) is 4.39 Å². The van der Waals surface area contributed by atoms with Crippen LogP contribution < -0.4 is 5.73 Å². The van der Waals surface area contributed by atoms with Crippen molar-refractivity contribution < 1.29 is 4.39 Å². The minimum Gasteiger partial charge on any atom is -0.397 e. The van der Waals surface area contributed by atoms with E-state index < -0.39 is 5.82 Å². The van der Waals surface area contributed by atoms with E-state index in [1.807, 2.05) is 0 Å². The summed E-state index contributed by atoms with van der Waals surface area (Å²) in [6, 6.07) is 4.94. The first-order valence-electron chi connectivity index (χ1n) is 4.09. The van der Waals surface area contributed by atoms with Crippen LogP contribution in [0.25, 0.3) is 11.3 Å². The highest BCUT2D eigenvalue weighted by Gasteiger charge is 2.07. The molecule has 4 heteroatoms. The first-order valence-corrected chi connectivity index (χ1v) is 4.09. The molecule has 0 aliphatic heterocycles. The second kappa shape index (κ2) is 3.41. The predicted octanol–water partition coefficient (Wildman–Crippen LogP) is 1.86. The molecule has 14 heavy (non-hydrogen) atoms. The van der Waals surface area contributed by atoms with Gasteiger partial charge in [0.1, 0.15) is 0 Å². The van der Waals surface area contributed by atoms with E-state index in [0.717, 1.165) is 6.20 Å². The molecule has 2 N–H and O–H groups in total. The summed E-state index contributed by atoms with van der Waals surface area (Å²) in [6.07, 6.45) is 4.22. The third-order valence-electron chi connectivity index (χ3n) is 1.87. The SMILES string of the molecule is Nc1cccnc1-c1ccncc1F. The molecule has 0 aliphatic carbocycles. The standard InChI is InChI=1S/C10H8FN3/c11-8-6-13-5-3-7(8)10-9(12)2-1-4-14-10/h1-6H,12H2. The Morgan fingerprint density at radius 3 is 2.79 bits per heavy atom. The Balaban J connectivity index is 2.61. The second-order valence-electron chi connectivity index (χ2n) is 2.80. The van der Waals surface area contributed by atoms with Gasteiger partial charge >= 0.3 is 0 Å². The quantitative estimate of drug-likeness (QED) is 0.744. The molecular formula is C10H8FN3. The van der Waals surface area contributed by atoms with E-state index in [2.05, 4.69) is 9.97 Å². The van der Waals surface area contributed by atoms with Crippen LogP contribution in [0, 0.1) is 5.82 Å². The van der Waals surface area contributed by atoms with Crippen molar-refractivity contribution in [3.05, 3.63) is 42.6 Å². The number of nitrogens with zero attached hydrogens (tertiary/aromatic N) is 2. The van der Waals surface area contributed by atoms with Crippen LogP contribution in [0.3, 0.4) is 0 Å². The van der Waals surface area contributed by atoms with Gasteiger partial charge in [0.15, 0.2) is 5.82 Å². The average Bonchev–Trinajstić information content (AvgIpc) is 2.20. The molecule has 0 radical (unpaired) electrons. The zero-order valence-corrected chi connectivity index (χ0v) is 7.31. The van der Waals surface area contributed by atoms with Gasteiger partial charge in [-0.1, -0.05) is 0 Å². The number of anilines is 1. The molecule has 0 amide bonds. The zero-order chi connectivity index (χ0) is 9.97. The monoisotopic (exact) mass is 189 g/mol. The van der Waals surface area contributed by atoms with Crippen LogP contribution in [0.2, 0.25) is 0 Å². The molecule has 0 bridgehead atoms. The van der Waals surface area contributed by atoms with Gasteiger partial charge in [-0.15, -0.1) is 0 Å². The summed E-state index contributed by atoms with van der Waals surface area (Å²) in [5.41, 5.74) is 6.95. The summed E-state index contributed by atoms with van der Waals surface area (Å²) in [4.78, 5) is 7.67. The van der Waals surface area contributed by atoms with E-state index in [4.69, 9.17) is 5.73 Å². The van der Waals surface area contributed by atoms with Gasteiger partial charge in [-0.2, -0.15) is 0 Å². The van der Waals surface area contributed by atoms with Crippen LogP contribution in [0.1, 0.15) is 0 Å². The van der Waals surface area contributed by atoms with Crippen LogP contribution >= 0.6 is 0 Å². The zero-order valence-electron chi connectivity index (χ0n) is 7.31. The van der Waals surface area contributed by atoms with Crippen molar-refractivity contribution in [2.75, 3.05) is 5.73 Å². The van der Waals surface area contributed by atoms with E-state index in [-0.39, 0.29) is 0 Å². The molecule has 0 atom stereocenters. The van der Waals surface area contributed by atoms with Gasteiger partial charge in [0, 0.05) is 18.0 Å². The smallest absolute Gasteiger partial charge is 0.150 e. The maximum absolute atomic E-state index is 13.3. The van der Waals surface area contributed by atoms with Crippen molar-refractivity contribution >= 4 is 5.69 Å². The van der Waals surface area contributed by atoms with Crippen molar-refractivity contribution in [2.24, 2.45) is 0 Å². The maximum atomic E-state index is 13.3. The highest BCUT2D eigenvalue weighted by Crippen LogP contribution is 2.24. The lowest BCUT2D eigenvalue weighted by molar-refractivity contribution is 0.624. The number of nitrogens with two attached hydrogens (primary N) is 1. The summed E-state index contributed by atoms with van der Waals surface area (Å²) in [7, 11) is 0. The molecule has 0 saturated heterocycles. The Hall–Kier alpha value is -1.97.